The van der Waals surface area contributed by atoms with Crippen LogP contribution in [0, 0.1) is 0 Å². The lowest BCUT2D eigenvalue weighted by Gasteiger charge is -2.25. The van der Waals surface area contributed by atoms with Gasteiger partial charge in [-0.25, -0.2) is 8.42 Å². The maximum absolute atomic E-state index is 13.4. The molecule has 0 fully saturated rings. The summed E-state index contributed by atoms with van der Waals surface area (Å²) in [6.45, 7) is 2.29. The van der Waals surface area contributed by atoms with Crippen LogP contribution in [0.1, 0.15) is 18.1 Å². The zero-order chi connectivity index (χ0) is 17.9. The van der Waals surface area contributed by atoms with E-state index in [1.165, 1.54) is 4.31 Å². The van der Waals surface area contributed by atoms with Gasteiger partial charge in [-0.2, -0.15) is 0 Å². The van der Waals surface area contributed by atoms with E-state index in [4.69, 9.17) is 9.26 Å². The molecule has 5 rings (SSSR count). The maximum atomic E-state index is 13.4. The fourth-order valence-corrected chi connectivity index (χ4v) is 5.45. The lowest BCUT2D eigenvalue weighted by atomic mass is 10.1. The van der Waals surface area contributed by atoms with Crippen LogP contribution in [0.3, 0.4) is 0 Å². The number of nitrogens with zero attached hydrogens (tertiary/aromatic N) is 2. The fourth-order valence-electron chi connectivity index (χ4n) is 3.73. The highest BCUT2D eigenvalue weighted by atomic mass is 32.2. The topological polar surface area (TPSA) is 72.6 Å². The molecular weight excluding hydrogens is 352 g/mol. The summed E-state index contributed by atoms with van der Waals surface area (Å²) in [6.07, 6.45) is 2.30. The number of para-hydroxylation sites is 1. The molecular formula is C19H16N2O4S. The summed E-state index contributed by atoms with van der Waals surface area (Å²) in [7, 11) is -3.70. The summed E-state index contributed by atoms with van der Waals surface area (Å²) in [6, 6.07) is 12.4. The summed E-state index contributed by atoms with van der Waals surface area (Å²) in [5.41, 5.74) is 3.22. The van der Waals surface area contributed by atoms with Crippen LogP contribution in [0.25, 0.3) is 11.3 Å². The summed E-state index contributed by atoms with van der Waals surface area (Å²) in [5, 5.41) is 3.80. The Morgan fingerprint density at radius 3 is 2.88 bits per heavy atom. The second-order valence-electron chi connectivity index (χ2n) is 6.61. The number of ether oxygens (including phenoxy) is 1. The quantitative estimate of drug-likeness (QED) is 0.693. The molecule has 2 aromatic carbocycles. The minimum absolute atomic E-state index is 0.134. The van der Waals surface area contributed by atoms with E-state index >= 15 is 0 Å². The Bertz CT molecular complexity index is 1120. The van der Waals surface area contributed by atoms with Crippen LogP contribution in [0.15, 0.2) is 58.1 Å². The summed E-state index contributed by atoms with van der Waals surface area (Å²) in [4.78, 5) is 0.215. The van der Waals surface area contributed by atoms with Gasteiger partial charge in [0.2, 0.25) is 0 Å². The smallest absolute Gasteiger partial charge is 0.264 e. The van der Waals surface area contributed by atoms with Crippen LogP contribution in [0.4, 0.5) is 5.69 Å². The molecule has 0 bridgehead atoms. The second kappa shape index (κ2) is 5.35. The minimum atomic E-state index is -3.70. The first-order valence-electron chi connectivity index (χ1n) is 8.39. The Hall–Kier alpha value is -2.80. The SMILES string of the molecule is C[C@H]1Cc2ccccc2N1S(=O)(=O)c1ccc2c(c1)-c1oncc1CO2. The summed E-state index contributed by atoms with van der Waals surface area (Å²) < 4.78 is 39.3. The molecule has 0 amide bonds. The van der Waals surface area contributed by atoms with Gasteiger partial charge in [0.05, 0.1) is 27.9 Å². The van der Waals surface area contributed by atoms with Crippen molar-refractivity contribution in [2.45, 2.75) is 30.9 Å². The van der Waals surface area contributed by atoms with Crippen molar-refractivity contribution in [3.8, 4) is 17.1 Å². The molecule has 0 saturated heterocycles. The van der Waals surface area contributed by atoms with E-state index in [1.807, 2.05) is 31.2 Å². The van der Waals surface area contributed by atoms with E-state index in [9.17, 15) is 8.42 Å². The summed E-state index contributed by atoms with van der Waals surface area (Å²) in [5.74, 6) is 1.17. The first-order valence-corrected chi connectivity index (χ1v) is 9.83. The van der Waals surface area contributed by atoms with E-state index < -0.39 is 10.0 Å². The molecule has 0 saturated carbocycles. The van der Waals surface area contributed by atoms with Gasteiger partial charge in [-0.3, -0.25) is 4.31 Å². The number of fused-ring (bicyclic) bond motifs is 4. The van der Waals surface area contributed by atoms with E-state index in [0.717, 1.165) is 16.8 Å². The molecule has 0 aliphatic carbocycles. The molecule has 2 aliphatic rings. The third kappa shape index (κ3) is 2.10. The van der Waals surface area contributed by atoms with E-state index in [2.05, 4.69) is 5.16 Å². The number of hydrogen-bond donors (Lipinski definition) is 0. The van der Waals surface area contributed by atoms with Gasteiger partial charge in [-0.15, -0.1) is 0 Å². The number of rotatable bonds is 2. The molecule has 0 radical (unpaired) electrons. The first kappa shape index (κ1) is 15.5. The summed E-state index contributed by atoms with van der Waals surface area (Å²) >= 11 is 0. The van der Waals surface area contributed by atoms with Gasteiger partial charge >= 0.3 is 0 Å². The number of benzene rings is 2. The Kier molecular flexibility index (Phi) is 3.18. The van der Waals surface area contributed by atoms with Crippen LogP contribution < -0.4 is 9.04 Å². The predicted molar refractivity (Wildman–Crippen MR) is 95.5 cm³/mol. The van der Waals surface area contributed by atoms with Gasteiger partial charge in [0.25, 0.3) is 10.0 Å². The number of sulfonamides is 1. The van der Waals surface area contributed by atoms with Crippen LogP contribution in [0.2, 0.25) is 0 Å². The van der Waals surface area contributed by atoms with Crippen molar-refractivity contribution in [2.24, 2.45) is 0 Å². The molecule has 2 aliphatic heterocycles. The highest BCUT2D eigenvalue weighted by Gasteiger charge is 2.36. The van der Waals surface area contributed by atoms with E-state index in [1.54, 1.807) is 24.4 Å². The minimum Gasteiger partial charge on any atom is -0.488 e. The molecule has 0 N–H and O–H groups in total. The van der Waals surface area contributed by atoms with Crippen molar-refractivity contribution in [1.82, 2.24) is 5.16 Å². The van der Waals surface area contributed by atoms with Crippen LogP contribution in [-0.2, 0) is 23.1 Å². The zero-order valence-electron chi connectivity index (χ0n) is 14.0. The Morgan fingerprint density at radius 1 is 1.15 bits per heavy atom. The second-order valence-corrected chi connectivity index (χ2v) is 8.42. The first-order chi connectivity index (χ1) is 12.6. The highest BCUT2D eigenvalue weighted by molar-refractivity contribution is 7.92. The van der Waals surface area contributed by atoms with Gasteiger partial charge in [-0.1, -0.05) is 23.4 Å². The Labute approximate surface area is 151 Å². The Balaban J connectivity index is 1.64. The Morgan fingerprint density at radius 2 is 2.00 bits per heavy atom. The molecule has 6 nitrogen and oxygen atoms in total. The van der Waals surface area contributed by atoms with Gasteiger partial charge in [0.15, 0.2) is 5.76 Å². The number of anilines is 1. The van der Waals surface area contributed by atoms with Crippen molar-refractivity contribution < 1.29 is 17.7 Å². The lowest BCUT2D eigenvalue weighted by molar-refractivity contribution is 0.297. The molecule has 0 unspecified atom stereocenters. The fraction of sp³-hybridized carbons (Fsp3) is 0.211. The molecule has 3 heterocycles. The molecule has 1 aromatic heterocycles. The number of hydrogen-bond acceptors (Lipinski definition) is 5. The van der Waals surface area contributed by atoms with Gasteiger partial charge in [0.1, 0.15) is 12.4 Å². The average Bonchev–Trinajstić information content (AvgIpc) is 3.24. The van der Waals surface area contributed by atoms with Crippen LogP contribution >= 0.6 is 0 Å². The van der Waals surface area contributed by atoms with Gasteiger partial charge in [0, 0.05) is 6.04 Å². The lowest BCUT2D eigenvalue weighted by Crippen LogP contribution is -2.35. The molecule has 7 heteroatoms. The standard InChI is InChI=1S/C19H16N2O4S/c1-12-8-13-4-2-3-5-17(13)21(12)26(22,23)15-6-7-18-16(9-15)19-14(11-24-18)10-20-25-19/h2-7,9-10,12H,8,11H2,1H3/t12-/m0/s1. The maximum Gasteiger partial charge on any atom is 0.264 e. The molecule has 3 aromatic rings. The highest BCUT2D eigenvalue weighted by Crippen LogP contribution is 2.41. The van der Waals surface area contributed by atoms with Crippen LogP contribution in [-0.4, -0.2) is 19.6 Å². The normalized spacial score (nSPS) is 18.0. The monoisotopic (exact) mass is 368 g/mol. The van der Waals surface area contributed by atoms with Crippen molar-refractivity contribution in [3.63, 3.8) is 0 Å². The van der Waals surface area contributed by atoms with Gasteiger partial charge in [-0.05, 0) is 43.2 Å². The van der Waals surface area contributed by atoms with Crippen LogP contribution in [0.5, 0.6) is 5.75 Å². The number of aromatic nitrogens is 1. The molecule has 0 spiro atoms. The van der Waals surface area contributed by atoms with E-state index in [-0.39, 0.29) is 10.9 Å². The molecule has 132 valence electrons. The van der Waals surface area contributed by atoms with Crippen molar-refractivity contribution in [1.29, 1.82) is 0 Å². The van der Waals surface area contributed by atoms with E-state index in [0.29, 0.717) is 30.1 Å². The molecule has 1 atom stereocenters. The molecule has 26 heavy (non-hydrogen) atoms. The third-order valence-electron chi connectivity index (χ3n) is 4.92. The zero-order valence-corrected chi connectivity index (χ0v) is 14.9. The van der Waals surface area contributed by atoms with Crippen molar-refractivity contribution in [3.05, 3.63) is 59.8 Å². The average molecular weight is 368 g/mol. The van der Waals surface area contributed by atoms with Crippen molar-refractivity contribution in [2.75, 3.05) is 4.31 Å². The van der Waals surface area contributed by atoms with Gasteiger partial charge < -0.3 is 9.26 Å². The third-order valence-corrected chi connectivity index (χ3v) is 6.85. The largest absolute Gasteiger partial charge is 0.488 e. The predicted octanol–water partition coefficient (Wildman–Crippen LogP) is 3.37. The van der Waals surface area contributed by atoms with Crippen molar-refractivity contribution >= 4 is 15.7 Å².